The Balaban J connectivity index is 1.81. The summed E-state index contributed by atoms with van der Waals surface area (Å²) in [6.07, 6.45) is 4.28. The van der Waals surface area contributed by atoms with E-state index in [0.717, 1.165) is 37.2 Å². The molecule has 112 valence electrons. The second kappa shape index (κ2) is 5.64. The summed E-state index contributed by atoms with van der Waals surface area (Å²) in [4.78, 5) is 1.14. The zero-order valence-electron chi connectivity index (χ0n) is 12.4. The molecule has 20 heavy (non-hydrogen) atoms. The van der Waals surface area contributed by atoms with Crippen LogP contribution in [0.3, 0.4) is 0 Å². The zero-order chi connectivity index (χ0) is 14.2. The molecule has 1 aromatic rings. The molecular formula is C16H24O2S2. The average molecular weight is 313 g/mol. The van der Waals surface area contributed by atoms with Gasteiger partial charge in [0.1, 0.15) is 0 Å². The van der Waals surface area contributed by atoms with Crippen LogP contribution in [0.4, 0.5) is 0 Å². The fraction of sp³-hybridized carbons (Fsp3) is 0.750. The minimum absolute atomic E-state index is 0.0450. The van der Waals surface area contributed by atoms with E-state index in [1.807, 2.05) is 18.7 Å². The van der Waals surface area contributed by atoms with Crippen molar-refractivity contribution >= 4 is 23.1 Å². The second-order valence-corrected chi connectivity index (χ2v) is 8.55. The van der Waals surface area contributed by atoms with E-state index in [4.69, 9.17) is 4.74 Å². The van der Waals surface area contributed by atoms with Crippen molar-refractivity contribution in [2.24, 2.45) is 5.92 Å². The molecule has 2 atom stereocenters. The van der Waals surface area contributed by atoms with Gasteiger partial charge in [-0.3, -0.25) is 0 Å². The zero-order valence-corrected chi connectivity index (χ0v) is 14.0. The summed E-state index contributed by atoms with van der Waals surface area (Å²) >= 11 is 3.72. The Kier molecular flexibility index (Phi) is 4.20. The number of rotatable bonds is 2. The average Bonchev–Trinajstić information content (AvgIpc) is 2.87. The van der Waals surface area contributed by atoms with Crippen molar-refractivity contribution in [2.45, 2.75) is 50.7 Å². The first-order valence-corrected chi connectivity index (χ1v) is 9.56. The van der Waals surface area contributed by atoms with Crippen LogP contribution in [0.15, 0.2) is 11.4 Å². The standard InChI is InChI=1S/C16H24O2S2/c1-12-4-8-20-14(12)15(2,17)13-3-7-18-16(11-13)5-9-19-10-6-16/h4,8,13,17H,3,5-7,9-11H2,1-2H3. The highest BCUT2D eigenvalue weighted by Crippen LogP contribution is 2.47. The summed E-state index contributed by atoms with van der Waals surface area (Å²) in [5.74, 6) is 2.72. The van der Waals surface area contributed by atoms with Gasteiger partial charge >= 0.3 is 0 Å². The number of aliphatic hydroxyl groups is 1. The van der Waals surface area contributed by atoms with Crippen molar-refractivity contribution in [3.05, 3.63) is 21.9 Å². The fourth-order valence-electron chi connectivity index (χ4n) is 3.68. The van der Waals surface area contributed by atoms with Gasteiger partial charge in [0.05, 0.1) is 11.2 Å². The molecule has 0 bridgehead atoms. The molecular weight excluding hydrogens is 288 g/mol. The van der Waals surface area contributed by atoms with Crippen LogP contribution < -0.4 is 0 Å². The highest BCUT2D eigenvalue weighted by atomic mass is 32.2. The van der Waals surface area contributed by atoms with Gasteiger partial charge in [0.15, 0.2) is 0 Å². The normalized spacial score (nSPS) is 29.2. The molecule has 2 nitrogen and oxygen atoms in total. The molecule has 2 saturated heterocycles. The Hall–Kier alpha value is -0.0300. The number of hydrogen-bond donors (Lipinski definition) is 1. The van der Waals surface area contributed by atoms with Crippen molar-refractivity contribution in [2.75, 3.05) is 18.1 Å². The van der Waals surface area contributed by atoms with Crippen molar-refractivity contribution in [3.63, 3.8) is 0 Å². The van der Waals surface area contributed by atoms with Crippen molar-refractivity contribution in [1.29, 1.82) is 0 Å². The quantitative estimate of drug-likeness (QED) is 0.896. The maximum Gasteiger partial charge on any atom is 0.0992 e. The maximum absolute atomic E-state index is 11.1. The third kappa shape index (κ3) is 2.68. The van der Waals surface area contributed by atoms with Crippen LogP contribution in [0.2, 0.25) is 0 Å². The molecule has 0 amide bonds. The molecule has 0 aliphatic carbocycles. The van der Waals surface area contributed by atoms with Crippen LogP contribution in [0.5, 0.6) is 0 Å². The molecule has 0 aromatic carbocycles. The Bertz CT molecular complexity index is 455. The molecule has 2 aliphatic heterocycles. The molecule has 2 aliphatic rings. The Morgan fingerprint density at radius 3 is 2.80 bits per heavy atom. The van der Waals surface area contributed by atoms with Gasteiger partial charge < -0.3 is 9.84 Å². The summed E-state index contributed by atoms with van der Waals surface area (Å²) in [7, 11) is 0. The van der Waals surface area contributed by atoms with E-state index in [1.165, 1.54) is 17.1 Å². The summed E-state index contributed by atoms with van der Waals surface area (Å²) in [6, 6.07) is 2.11. The largest absolute Gasteiger partial charge is 0.384 e. The predicted octanol–water partition coefficient (Wildman–Crippen LogP) is 3.96. The molecule has 0 radical (unpaired) electrons. The topological polar surface area (TPSA) is 29.5 Å². The summed E-state index contributed by atoms with van der Waals surface area (Å²) in [6.45, 7) is 4.91. The van der Waals surface area contributed by atoms with Gasteiger partial charge in [0.2, 0.25) is 0 Å². The first-order chi connectivity index (χ1) is 9.54. The molecule has 3 heterocycles. The van der Waals surface area contributed by atoms with Crippen molar-refractivity contribution < 1.29 is 9.84 Å². The first-order valence-electron chi connectivity index (χ1n) is 7.52. The minimum Gasteiger partial charge on any atom is -0.384 e. The summed E-state index contributed by atoms with van der Waals surface area (Å²) in [5, 5.41) is 13.2. The van der Waals surface area contributed by atoms with E-state index < -0.39 is 5.60 Å². The molecule has 2 fully saturated rings. The number of thiophene rings is 1. The number of aryl methyl sites for hydroxylation is 1. The lowest BCUT2D eigenvalue weighted by atomic mass is 9.73. The van der Waals surface area contributed by atoms with E-state index >= 15 is 0 Å². The summed E-state index contributed by atoms with van der Waals surface area (Å²) < 4.78 is 6.16. The molecule has 3 rings (SSSR count). The Morgan fingerprint density at radius 1 is 1.40 bits per heavy atom. The highest BCUT2D eigenvalue weighted by Gasteiger charge is 2.45. The molecule has 1 N–H and O–H groups in total. The maximum atomic E-state index is 11.1. The molecule has 0 saturated carbocycles. The lowest BCUT2D eigenvalue weighted by Crippen LogP contribution is -2.47. The van der Waals surface area contributed by atoms with Crippen LogP contribution >= 0.6 is 23.1 Å². The van der Waals surface area contributed by atoms with Gasteiger partial charge in [0, 0.05) is 11.5 Å². The third-order valence-electron chi connectivity index (χ3n) is 5.01. The van der Waals surface area contributed by atoms with E-state index in [-0.39, 0.29) is 5.60 Å². The second-order valence-electron chi connectivity index (χ2n) is 6.41. The van der Waals surface area contributed by atoms with Gasteiger partial charge in [-0.05, 0) is 74.0 Å². The first kappa shape index (κ1) is 14.9. The van der Waals surface area contributed by atoms with E-state index in [9.17, 15) is 5.11 Å². The lowest BCUT2D eigenvalue weighted by Gasteiger charge is -2.47. The Labute approximate surface area is 129 Å². The van der Waals surface area contributed by atoms with Crippen LogP contribution in [0, 0.1) is 12.8 Å². The highest BCUT2D eigenvalue weighted by molar-refractivity contribution is 7.99. The number of hydrogen-bond acceptors (Lipinski definition) is 4. The van der Waals surface area contributed by atoms with E-state index in [1.54, 1.807) is 11.3 Å². The Morgan fingerprint density at radius 2 is 2.15 bits per heavy atom. The molecule has 4 heteroatoms. The minimum atomic E-state index is -0.709. The molecule has 2 unspecified atom stereocenters. The molecule has 1 aromatic heterocycles. The number of thioether (sulfide) groups is 1. The van der Waals surface area contributed by atoms with Crippen LogP contribution in [-0.4, -0.2) is 28.8 Å². The predicted molar refractivity (Wildman–Crippen MR) is 86.6 cm³/mol. The van der Waals surface area contributed by atoms with Gasteiger partial charge in [0.25, 0.3) is 0 Å². The fourth-order valence-corrected chi connectivity index (χ4v) is 5.98. The third-order valence-corrected chi connectivity index (χ3v) is 7.24. The van der Waals surface area contributed by atoms with Crippen LogP contribution in [0.1, 0.15) is 43.0 Å². The van der Waals surface area contributed by atoms with Crippen molar-refractivity contribution in [1.82, 2.24) is 0 Å². The van der Waals surface area contributed by atoms with Gasteiger partial charge in [-0.25, -0.2) is 0 Å². The monoisotopic (exact) mass is 312 g/mol. The van der Waals surface area contributed by atoms with Gasteiger partial charge in [-0.2, -0.15) is 11.8 Å². The van der Waals surface area contributed by atoms with Crippen LogP contribution in [0.25, 0.3) is 0 Å². The smallest absolute Gasteiger partial charge is 0.0992 e. The van der Waals surface area contributed by atoms with Crippen LogP contribution in [-0.2, 0) is 10.3 Å². The van der Waals surface area contributed by atoms with Gasteiger partial charge in [-0.1, -0.05) is 0 Å². The van der Waals surface area contributed by atoms with Crippen molar-refractivity contribution in [3.8, 4) is 0 Å². The van der Waals surface area contributed by atoms with Gasteiger partial charge in [-0.15, -0.1) is 11.3 Å². The molecule has 1 spiro atoms. The lowest BCUT2D eigenvalue weighted by molar-refractivity contribution is -0.143. The van der Waals surface area contributed by atoms with E-state index in [2.05, 4.69) is 18.4 Å². The van der Waals surface area contributed by atoms with E-state index in [0.29, 0.717) is 5.92 Å². The summed E-state index contributed by atoms with van der Waals surface area (Å²) in [5.41, 5.74) is 0.558. The number of ether oxygens (including phenoxy) is 1. The SMILES string of the molecule is Cc1ccsc1C(C)(O)C1CCOC2(CCSCC2)C1.